The number of fused-ring (bicyclic) bond motifs is 1. The largest absolute Gasteiger partial charge is 0.497 e. The number of methoxy groups -OCH3 is 1. The fraction of sp³-hybridized carbons (Fsp3) is 0.276. The van der Waals surface area contributed by atoms with Crippen LogP contribution in [0.15, 0.2) is 78.9 Å². The topological polar surface area (TPSA) is 84.9 Å². The zero-order valence-corrected chi connectivity index (χ0v) is 20.1. The number of ketones is 1. The molecule has 3 atom stereocenters. The second-order valence-electron chi connectivity index (χ2n) is 9.10. The van der Waals surface area contributed by atoms with Crippen LogP contribution in [0, 0.1) is 0 Å². The number of carbonyl (C=O) groups excluding carboxylic acids is 3. The summed E-state index contributed by atoms with van der Waals surface area (Å²) >= 11 is 0. The minimum Gasteiger partial charge on any atom is -0.497 e. The normalized spacial score (nSPS) is 20.2. The van der Waals surface area contributed by atoms with Crippen molar-refractivity contribution in [1.82, 2.24) is 5.32 Å². The molecule has 0 bridgehead atoms. The van der Waals surface area contributed by atoms with E-state index in [0.29, 0.717) is 24.3 Å². The van der Waals surface area contributed by atoms with E-state index in [1.165, 1.54) is 0 Å². The summed E-state index contributed by atoms with van der Waals surface area (Å²) in [7, 11) is 1.58. The van der Waals surface area contributed by atoms with Gasteiger partial charge in [-0.25, -0.2) is 0 Å². The summed E-state index contributed by atoms with van der Waals surface area (Å²) in [5.74, 6) is 1.02. The molecule has 0 aromatic heterocycles. The van der Waals surface area contributed by atoms with Crippen LogP contribution in [-0.4, -0.2) is 42.9 Å². The van der Waals surface area contributed by atoms with Gasteiger partial charge in [-0.3, -0.25) is 14.4 Å². The molecule has 0 aliphatic carbocycles. The average molecular weight is 485 g/mol. The molecule has 1 fully saturated rings. The molecule has 2 aliphatic heterocycles. The highest BCUT2D eigenvalue weighted by Gasteiger charge is 2.49. The van der Waals surface area contributed by atoms with Gasteiger partial charge in [-0.2, -0.15) is 0 Å². The number of amides is 2. The van der Waals surface area contributed by atoms with Gasteiger partial charge in [-0.1, -0.05) is 48.5 Å². The SMILES string of the molecule is COc1ccc(N2C(=O)C(NC(=O)Cc3ccccc3)C2CCC(=O)C2Cc3ccccc3O2)cc1. The standard InChI is InChI=1S/C29H28N2O5/c1-35-22-13-11-21(12-14-22)31-23(15-16-24(32)26-18-20-9-5-6-10-25(20)36-26)28(29(31)34)30-27(33)17-19-7-3-2-4-8-19/h2-14,23,26,28H,15-18H2,1H3,(H,30,33). The number of carbonyl (C=O) groups is 3. The summed E-state index contributed by atoms with van der Waals surface area (Å²) in [6.45, 7) is 0. The Morgan fingerprint density at radius 3 is 2.44 bits per heavy atom. The van der Waals surface area contributed by atoms with Gasteiger partial charge in [0, 0.05) is 18.5 Å². The van der Waals surface area contributed by atoms with E-state index < -0.39 is 12.1 Å². The fourth-order valence-electron chi connectivity index (χ4n) is 4.88. The third-order valence-corrected chi connectivity index (χ3v) is 6.79. The summed E-state index contributed by atoms with van der Waals surface area (Å²) < 4.78 is 11.1. The molecule has 3 unspecified atom stereocenters. The third kappa shape index (κ3) is 4.82. The number of ether oxygens (including phenoxy) is 2. The number of nitrogens with zero attached hydrogens (tertiary/aromatic N) is 1. The van der Waals surface area contributed by atoms with E-state index in [0.717, 1.165) is 16.9 Å². The van der Waals surface area contributed by atoms with E-state index in [4.69, 9.17) is 9.47 Å². The van der Waals surface area contributed by atoms with Crippen molar-refractivity contribution in [3.8, 4) is 11.5 Å². The Morgan fingerprint density at radius 1 is 1.00 bits per heavy atom. The molecule has 2 amide bonds. The van der Waals surface area contributed by atoms with Gasteiger partial charge in [0.2, 0.25) is 5.91 Å². The first-order chi connectivity index (χ1) is 17.5. The molecule has 2 heterocycles. The highest BCUT2D eigenvalue weighted by Crippen LogP contribution is 2.34. The summed E-state index contributed by atoms with van der Waals surface area (Å²) in [6.07, 6.45) is 0.890. The van der Waals surface area contributed by atoms with Crippen molar-refractivity contribution < 1.29 is 23.9 Å². The first kappa shape index (κ1) is 23.6. The molecule has 0 spiro atoms. The predicted octanol–water partition coefficient (Wildman–Crippen LogP) is 3.49. The lowest BCUT2D eigenvalue weighted by Crippen LogP contribution is -2.71. The van der Waals surface area contributed by atoms with Crippen LogP contribution < -0.4 is 19.7 Å². The van der Waals surface area contributed by atoms with Gasteiger partial charge in [0.1, 0.15) is 17.5 Å². The van der Waals surface area contributed by atoms with Crippen molar-refractivity contribution in [1.29, 1.82) is 0 Å². The molecule has 1 N–H and O–H groups in total. The van der Waals surface area contributed by atoms with Crippen molar-refractivity contribution in [2.24, 2.45) is 0 Å². The Labute approximate surface area is 210 Å². The maximum Gasteiger partial charge on any atom is 0.252 e. The maximum absolute atomic E-state index is 13.1. The van der Waals surface area contributed by atoms with Crippen molar-refractivity contribution in [2.45, 2.75) is 43.9 Å². The lowest BCUT2D eigenvalue weighted by Gasteiger charge is -2.47. The number of hydrogen-bond donors (Lipinski definition) is 1. The number of hydrogen-bond acceptors (Lipinski definition) is 5. The van der Waals surface area contributed by atoms with Crippen LogP contribution in [0.25, 0.3) is 0 Å². The van der Waals surface area contributed by atoms with Crippen LogP contribution in [0.1, 0.15) is 24.0 Å². The van der Waals surface area contributed by atoms with Gasteiger partial charge < -0.3 is 19.7 Å². The van der Waals surface area contributed by atoms with Crippen molar-refractivity contribution >= 4 is 23.3 Å². The number of rotatable bonds is 9. The van der Waals surface area contributed by atoms with Crippen molar-refractivity contribution in [3.63, 3.8) is 0 Å². The van der Waals surface area contributed by atoms with Crippen LogP contribution in [0.2, 0.25) is 0 Å². The van der Waals surface area contributed by atoms with E-state index in [9.17, 15) is 14.4 Å². The molecule has 0 radical (unpaired) electrons. The Bertz CT molecular complexity index is 1230. The van der Waals surface area contributed by atoms with Gasteiger partial charge in [0.25, 0.3) is 5.91 Å². The lowest BCUT2D eigenvalue weighted by atomic mass is 9.88. The Hall–Kier alpha value is -4.13. The summed E-state index contributed by atoms with van der Waals surface area (Å²) in [4.78, 5) is 40.5. The second kappa shape index (κ2) is 10.2. The van der Waals surface area contributed by atoms with Crippen LogP contribution in [0.4, 0.5) is 5.69 Å². The molecular weight excluding hydrogens is 456 g/mol. The zero-order chi connectivity index (χ0) is 25.1. The van der Waals surface area contributed by atoms with E-state index in [-0.39, 0.29) is 36.5 Å². The molecule has 3 aromatic rings. The number of anilines is 1. The van der Waals surface area contributed by atoms with Crippen molar-refractivity contribution in [3.05, 3.63) is 90.0 Å². The average Bonchev–Trinajstić information content (AvgIpc) is 3.35. The minimum atomic E-state index is -0.683. The van der Waals surface area contributed by atoms with Gasteiger partial charge in [-0.15, -0.1) is 0 Å². The van der Waals surface area contributed by atoms with Gasteiger partial charge >= 0.3 is 0 Å². The summed E-state index contributed by atoms with van der Waals surface area (Å²) in [6, 6.07) is 23.2. The van der Waals surface area contributed by atoms with E-state index >= 15 is 0 Å². The van der Waals surface area contributed by atoms with Crippen molar-refractivity contribution in [2.75, 3.05) is 12.0 Å². The van der Waals surface area contributed by atoms with Crippen LogP contribution >= 0.6 is 0 Å². The maximum atomic E-state index is 13.1. The van der Waals surface area contributed by atoms with E-state index in [2.05, 4.69) is 5.32 Å². The number of para-hydroxylation sites is 1. The highest BCUT2D eigenvalue weighted by molar-refractivity contribution is 6.07. The van der Waals surface area contributed by atoms with E-state index in [1.54, 1.807) is 24.1 Å². The summed E-state index contributed by atoms with van der Waals surface area (Å²) in [5, 5.41) is 2.90. The van der Waals surface area contributed by atoms with Crippen LogP contribution in [0.3, 0.4) is 0 Å². The second-order valence-corrected chi connectivity index (χ2v) is 9.10. The summed E-state index contributed by atoms with van der Waals surface area (Å²) in [5.41, 5.74) is 2.61. The number of nitrogens with one attached hydrogen (secondary N) is 1. The van der Waals surface area contributed by atoms with Gasteiger partial charge in [0.05, 0.1) is 19.6 Å². The predicted molar refractivity (Wildman–Crippen MR) is 135 cm³/mol. The first-order valence-electron chi connectivity index (χ1n) is 12.1. The highest BCUT2D eigenvalue weighted by atomic mass is 16.5. The lowest BCUT2D eigenvalue weighted by molar-refractivity contribution is -0.133. The molecule has 2 aliphatic rings. The Kier molecular flexibility index (Phi) is 6.71. The quantitative estimate of drug-likeness (QED) is 0.470. The fourth-order valence-corrected chi connectivity index (χ4v) is 4.88. The molecule has 5 rings (SSSR count). The zero-order valence-electron chi connectivity index (χ0n) is 20.1. The number of Topliss-reactive ketones (excluding diaryl/α,β-unsaturated/α-hetero) is 1. The van der Waals surface area contributed by atoms with Gasteiger partial charge in [-0.05, 0) is 47.9 Å². The van der Waals surface area contributed by atoms with Crippen LogP contribution in [0.5, 0.6) is 11.5 Å². The number of β-lactam (4-membered cyclic amide) rings is 1. The van der Waals surface area contributed by atoms with Crippen LogP contribution in [-0.2, 0) is 27.2 Å². The minimum absolute atomic E-state index is 0.00501. The molecular formula is C29H28N2O5. The molecule has 1 saturated heterocycles. The molecule has 184 valence electrons. The third-order valence-electron chi connectivity index (χ3n) is 6.79. The molecule has 7 nitrogen and oxygen atoms in total. The molecule has 0 saturated carbocycles. The smallest absolute Gasteiger partial charge is 0.252 e. The number of benzene rings is 3. The molecule has 7 heteroatoms. The van der Waals surface area contributed by atoms with E-state index in [1.807, 2.05) is 66.7 Å². The van der Waals surface area contributed by atoms with Gasteiger partial charge in [0.15, 0.2) is 11.9 Å². The Balaban J connectivity index is 1.27. The molecule has 3 aromatic carbocycles. The first-order valence-corrected chi connectivity index (χ1v) is 12.1. The Morgan fingerprint density at radius 2 is 1.72 bits per heavy atom. The molecule has 36 heavy (non-hydrogen) atoms. The monoisotopic (exact) mass is 484 g/mol.